The first-order chi connectivity index (χ1) is 11.2. The maximum atomic E-state index is 12.0. The fourth-order valence-electron chi connectivity index (χ4n) is 2.46. The van der Waals surface area contributed by atoms with E-state index in [2.05, 4.69) is 15.3 Å². The number of carbonyl (C=O) groups excluding carboxylic acids is 2. The summed E-state index contributed by atoms with van der Waals surface area (Å²) in [5, 5.41) is 2.77. The fourth-order valence-corrected chi connectivity index (χ4v) is 2.46. The molecular formula is C17H18N4O2. The molecule has 2 aromatic rings. The van der Waals surface area contributed by atoms with Gasteiger partial charge in [0.05, 0.1) is 28.8 Å². The summed E-state index contributed by atoms with van der Waals surface area (Å²) in [6, 6.07) is 7.58. The van der Waals surface area contributed by atoms with E-state index in [4.69, 9.17) is 0 Å². The van der Waals surface area contributed by atoms with E-state index in [0.717, 1.165) is 11.0 Å². The second kappa shape index (κ2) is 6.56. The van der Waals surface area contributed by atoms with Crippen molar-refractivity contribution in [2.75, 3.05) is 19.6 Å². The first-order valence-electron chi connectivity index (χ1n) is 7.64. The number of nitrogens with zero attached hydrogens (tertiary/aromatic N) is 3. The second-order valence-electron chi connectivity index (χ2n) is 5.45. The molecule has 2 amide bonds. The molecule has 0 saturated carbocycles. The Morgan fingerprint density at radius 3 is 2.78 bits per heavy atom. The number of hydrogen-bond acceptors (Lipinski definition) is 4. The smallest absolute Gasteiger partial charge is 0.246 e. The Bertz CT molecular complexity index is 766. The van der Waals surface area contributed by atoms with Gasteiger partial charge in [-0.05, 0) is 25.1 Å². The van der Waals surface area contributed by atoms with Crippen LogP contribution in [0.15, 0.2) is 36.5 Å². The maximum absolute atomic E-state index is 12.0. The highest BCUT2D eigenvalue weighted by Gasteiger charge is 2.34. The first-order valence-corrected chi connectivity index (χ1v) is 7.64. The summed E-state index contributed by atoms with van der Waals surface area (Å²) < 4.78 is 0. The van der Waals surface area contributed by atoms with Gasteiger partial charge >= 0.3 is 0 Å². The van der Waals surface area contributed by atoms with Gasteiger partial charge in [0.15, 0.2) is 0 Å². The summed E-state index contributed by atoms with van der Waals surface area (Å²) in [6.45, 7) is 3.44. The van der Waals surface area contributed by atoms with Crippen molar-refractivity contribution in [2.45, 2.75) is 6.92 Å². The minimum Gasteiger partial charge on any atom is -0.356 e. The van der Waals surface area contributed by atoms with Crippen molar-refractivity contribution in [3.05, 3.63) is 42.2 Å². The van der Waals surface area contributed by atoms with Gasteiger partial charge in [-0.15, -0.1) is 0 Å². The summed E-state index contributed by atoms with van der Waals surface area (Å²) in [6.07, 6.45) is 4.77. The van der Waals surface area contributed by atoms with Crippen molar-refractivity contribution >= 4 is 28.9 Å². The number of benzene rings is 1. The van der Waals surface area contributed by atoms with Gasteiger partial charge in [0, 0.05) is 25.7 Å². The highest BCUT2D eigenvalue weighted by molar-refractivity contribution is 5.93. The molecule has 1 aromatic heterocycles. The summed E-state index contributed by atoms with van der Waals surface area (Å²) in [5.41, 5.74) is 2.25. The Balaban J connectivity index is 1.59. The highest BCUT2D eigenvalue weighted by atomic mass is 16.2. The van der Waals surface area contributed by atoms with Gasteiger partial charge in [0.1, 0.15) is 0 Å². The van der Waals surface area contributed by atoms with Gasteiger partial charge < -0.3 is 10.2 Å². The van der Waals surface area contributed by atoms with Crippen LogP contribution in [0.1, 0.15) is 12.6 Å². The van der Waals surface area contributed by atoms with Gasteiger partial charge in [0.2, 0.25) is 11.8 Å². The third kappa shape index (κ3) is 3.36. The predicted molar refractivity (Wildman–Crippen MR) is 87.3 cm³/mol. The predicted octanol–water partition coefficient (Wildman–Crippen LogP) is 1.24. The molecule has 2 heterocycles. The minimum absolute atomic E-state index is 0.0147. The number of amides is 2. The zero-order valence-corrected chi connectivity index (χ0v) is 12.9. The monoisotopic (exact) mass is 310 g/mol. The van der Waals surface area contributed by atoms with E-state index in [1.54, 1.807) is 17.2 Å². The molecule has 23 heavy (non-hydrogen) atoms. The molecular weight excluding hydrogens is 292 g/mol. The van der Waals surface area contributed by atoms with Gasteiger partial charge in [-0.2, -0.15) is 0 Å². The lowest BCUT2D eigenvalue weighted by atomic mass is 9.99. The maximum Gasteiger partial charge on any atom is 0.246 e. The fraction of sp³-hybridized carbons (Fsp3) is 0.294. The van der Waals surface area contributed by atoms with Crippen molar-refractivity contribution in [3.63, 3.8) is 0 Å². The molecule has 0 unspecified atom stereocenters. The Morgan fingerprint density at radius 1 is 1.30 bits per heavy atom. The Labute approximate surface area is 134 Å². The average molecular weight is 310 g/mol. The van der Waals surface area contributed by atoms with Crippen molar-refractivity contribution < 1.29 is 9.59 Å². The van der Waals surface area contributed by atoms with Crippen molar-refractivity contribution in [1.82, 2.24) is 20.2 Å². The molecule has 1 aliphatic heterocycles. The molecule has 1 saturated heterocycles. The van der Waals surface area contributed by atoms with Crippen LogP contribution in [-0.4, -0.2) is 46.3 Å². The number of likely N-dealkylation sites (tertiary alicyclic amines) is 1. The van der Waals surface area contributed by atoms with Gasteiger partial charge in [-0.25, -0.2) is 4.98 Å². The summed E-state index contributed by atoms with van der Waals surface area (Å²) >= 11 is 0. The van der Waals surface area contributed by atoms with Gasteiger partial charge in [0.25, 0.3) is 0 Å². The normalized spacial score (nSPS) is 14.9. The Morgan fingerprint density at radius 2 is 2.04 bits per heavy atom. The molecule has 0 aliphatic carbocycles. The molecule has 0 atom stereocenters. The Hall–Kier alpha value is -2.76. The molecule has 1 aromatic carbocycles. The lowest BCUT2D eigenvalue weighted by Gasteiger charge is -2.37. The van der Waals surface area contributed by atoms with Crippen LogP contribution in [0.3, 0.4) is 0 Å². The first kappa shape index (κ1) is 15.1. The van der Waals surface area contributed by atoms with Crippen LogP contribution in [-0.2, 0) is 9.59 Å². The molecule has 1 aliphatic rings. The Kier molecular flexibility index (Phi) is 4.32. The topological polar surface area (TPSA) is 75.2 Å². The highest BCUT2D eigenvalue weighted by Crippen LogP contribution is 2.16. The number of hydrogen-bond donors (Lipinski definition) is 1. The number of carbonyl (C=O) groups is 2. The zero-order chi connectivity index (χ0) is 16.2. The molecule has 0 spiro atoms. The minimum atomic E-state index is -0.111. The average Bonchev–Trinajstić information content (AvgIpc) is 2.51. The van der Waals surface area contributed by atoms with Crippen molar-refractivity contribution in [2.24, 2.45) is 5.92 Å². The molecule has 1 fully saturated rings. The van der Waals surface area contributed by atoms with E-state index < -0.39 is 0 Å². The van der Waals surface area contributed by atoms with Crippen LogP contribution in [0.25, 0.3) is 17.1 Å². The van der Waals surface area contributed by atoms with Crippen LogP contribution in [0, 0.1) is 5.92 Å². The number of nitrogens with one attached hydrogen (secondary N) is 1. The van der Waals surface area contributed by atoms with Crippen molar-refractivity contribution in [3.8, 4) is 0 Å². The third-order valence-corrected chi connectivity index (χ3v) is 3.78. The molecule has 6 nitrogen and oxygen atoms in total. The van der Waals surface area contributed by atoms with Crippen LogP contribution < -0.4 is 5.32 Å². The second-order valence-corrected chi connectivity index (χ2v) is 5.45. The number of rotatable bonds is 4. The molecule has 3 rings (SSSR count). The molecule has 0 bridgehead atoms. The standard InChI is InChI=1S/C17H18N4O2/c1-2-18-17(23)12-10-21(11-12)16(22)8-7-13-9-19-14-5-3-4-6-15(14)20-13/h3-9,12H,2,10-11H2,1H3,(H,18,23)/b8-7+. The van der Waals surface area contributed by atoms with Crippen molar-refractivity contribution in [1.29, 1.82) is 0 Å². The number of para-hydroxylation sites is 2. The van der Waals surface area contributed by atoms with E-state index in [-0.39, 0.29) is 17.7 Å². The lowest BCUT2D eigenvalue weighted by Crippen LogP contribution is -2.55. The largest absolute Gasteiger partial charge is 0.356 e. The SMILES string of the molecule is CCNC(=O)C1CN(C(=O)/C=C/c2cnc3ccccc3n2)C1. The molecule has 0 radical (unpaired) electrons. The van der Waals surface area contributed by atoms with Crippen LogP contribution in [0.5, 0.6) is 0 Å². The van der Waals surface area contributed by atoms with Gasteiger partial charge in [-0.3, -0.25) is 14.6 Å². The lowest BCUT2D eigenvalue weighted by molar-refractivity contribution is -0.139. The summed E-state index contributed by atoms with van der Waals surface area (Å²) in [7, 11) is 0. The van der Waals surface area contributed by atoms with E-state index in [0.29, 0.717) is 25.3 Å². The molecule has 1 N–H and O–H groups in total. The molecule has 118 valence electrons. The third-order valence-electron chi connectivity index (χ3n) is 3.78. The summed E-state index contributed by atoms with van der Waals surface area (Å²) in [4.78, 5) is 34.0. The van der Waals surface area contributed by atoms with E-state index in [1.165, 1.54) is 6.08 Å². The van der Waals surface area contributed by atoms with E-state index in [1.807, 2.05) is 31.2 Å². The quantitative estimate of drug-likeness (QED) is 0.862. The van der Waals surface area contributed by atoms with Crippen LogP contribution in [0.2, 0.25) is 0 Å². The van der Waals surface area contributed by atoms with E-state index in [9.17, 15) is 9.59 Å². The van der Waals surface area contributed by atoms with E-state index >= 15 is 0 Å². The number of aromatic nitrogens is 2. The van der Waals surface area contributed by atoms with Crippen LogP contribution in [0.4, 0.5) is 0 Å². The van der Waals surface area contributed by atoms with Gasteiger partial charge in [-0.1, -0.05) is 12.1 Å². The zero-order valence-electron chi connectivity index (χ0n) is 12.9. The number of fused-ring (bicyclic) bond motifs is 1. The summed E-state index contributed by atoms with van der Waals surface area (Å²) in [5.74, 6) is -0.186. The van der Waals surface area contributed by atoms with Crippen LogP contribution >= 0.6 is 0 Å². The molecule has 6 heteroatoms.